The van der Waals surface area contributed by atoms with Crippen molar-refractivity contribution in [1.82, 2.24) is 35.1 Å². The number of benzene rings is 2. The van der Waals surface area contributed by atoms with Crippen LogP contribution in [0.3, 0.4) is 0 Å². The lowest BCUT2D eigenvalue weighted by Gasteiger charge is -2.34. The Hall–Kier alpha value is -5.01. The number of ether oxygens (including phenoxy) is 3. The monoisotopic (exact) mass is 763 g/mol. The maximum atomic E-state index is 13.9. The Labute approximate surface area is 327 Å². The van der Waals surface area contributed by atoms with Crippen LogP contribution in [0.25, 0.3) is 33.6 Å². The predicted octanol–water partition coefficient (Wildman–Crippen LogP) is 6.67. The molecule has 0 aliphatic carbocycles. The van der Waals surface area contributed by atoms with Crippen molar-refractivity contribution >= 4 is 17.9 Å². The van der Waals surface area contributed by atoms with E-state index in [1.165, 1.54) is 7.11 Å². The first-order valence-electron chi connectivity index (χ1n) is 20.3. The highest BCUT2D eigenvalue weighted by atomic mass is 16.5. The van der Waals surface area contributed by atoms with Crippen LogP contribution in [0.2, 0.25) is 0 Å². The molecule has 0 bridgehead atoms. The van der Waals surface area contributed by atoms with E-state index in [9.17, 15) is 14.4 Å². The summed E-state index contributed by atoms with van der Waals surface area (Å²) in [5, 5.41) is 2.82. The van der Waals surface area contributed by atoms with Crippen LogP contribution < -0.4 is 5.32 Å². The number of alkyl carbamates (subject to hydrolysis) is 1. The summed E-state index contributed by atoms with van der Waals surface area (Å²) in [6.07, 6.45) is 10.0. The van der Waals surface area contributed by atoms with Gasteiger partial charge in [-0.05, 0) is 79.9 Å². The van der Waals surface area contributed by atoms with Gasteiger partial charge in [0.15, 0.2) is 0 Å². The lowest BCUT2D eigenvalue weighted by molar-refractivity contribution is -0.139. The van der Waals surface area contributed by atoms with E-state index in [4.69, 9.17) is 24.2 Å². The molecule has 4 aliphatic heterocycles. The standard InChI is InChI=1S/C43H53N7O6/c1-27(28-15-21-55-22-16-28)41(51)49-19-3-5-36(49)39-44-25-34(46-39)31-11-7-29(8-12-31)30-9-13-32(14-10-30)35-26-45-40(47-35)37-6-4-20-50(37)42(52)38(48-43(53)54-2)33-17-23-56-24-18-33/h7-14,25-28,33,36-38H,3-6,15-24H2,1-2H3,(H,44,46)(H,45,47)(H,48,53)/t27?,36-,37-,38?/m0/s1. The number of hydrogen-bond donors (Lipinski definition) is 3. The van der Waals surface area contributed by atoms with Crippen molar-refractivity contribution in [1.29, 1.82) is 0 Å². The molecule has 13 nitrogen and oxygen atoms in total. The summed E-state index contributed by atoms with van der Waals surface area (Å²) < 4.78 is 15.9. The number of nitrogens with zero attached hydrogens (tertiary/aromatic N) is 4. The molecule has 6 heterocycles. The van der Waals surface area contributed by atoms with Gasteiger partial charge in [-0.15, -0.1) is 0 Å². The van der Waals surface area contributed by atoms with Crippen molar-refractivity contribution in [2.75, 3.05) is 46.6 Å². The number of rotatable bonds is 10. The molecule has 13 heteroatoms. The zero-order chi connectivity index (χ0) is 38.6. The van der Waals surface area contributed by atoms with Crippen LogP contribution in [-0.2, 0) is 23.8 Å². The number of methoxy groups -OCH3 is 1. The third-order valence-corrected chi connectivity index (χ3v) is 12.4. The summed E-state index contributed by atoms with van der Waals surface area (Å²) in [7, 11) is 1.31. The van der Waals surface area contributed by atoms with Gasteiger partial charge < -0.3 is 39.3 Å². The van der Waals surface area contributed by atoms with E-state index in [2.05, 4.69) is 70.7 Å². The fourth-order valence-corrected chi connectivity index (χ4v) is 9.09. The zero-order valence-corrected chi connectivity index (χ0v) is 32.4. The Morgan fingerprint density at radius 3 is 1.93 bits per heavy atom. The van der Waals surface area contributed by atoms with E-state index in [0.717, 1.165) is 104 Å². The van der Waals surface area contributed by atoms with Crippen LogP contribution in [0.5, 0.6) is 0 Å². The fraction of sp³-hybridized carbons (Fsp3) is 0.512. The number of carbonyl (C=O) groups is 3. The van der Waals surface area contributed by atoms with Crippen LogP contribution in [0.15, 0.2) is 60.9 Å². The molecule has 3 N–H and O–H groups in total. The number of aromatic nitrogens is 4. The van der Waals surface area contributed by atoms with Gasteiger partial charge in [0.1, 0.15) is 17.7 Å². The molecule has 2 aromatic heterocycles. The van der Waals surface area contributed by atoms with Gasteiger partial charge in [-0.2, -0.15) is 0 Å². The average Bonchev–Trinajstić information content (AvgIpc) is 4.10. The molecule has 0 spiro atoms. The summed E-state index contributed by atoms with van der Waals surface area (Å²) in [5.74, 6) is 2.09. The van der Waals surface area contributed by atoms with E-state index in [-0.39, 0.29) is 35.7 Å². The molecule has 2 aromatic carbocycles. The normalized spacial score (nSPS) is 21.9. The van der Waals surface area contributed by atoms with Crippen LogP contribution in [0.1, 0.15) is 82.0 Å². The summed E-state index contributed by atoms with van der Waals surface area (Å²) in [5.41, 5.74) is 5.95. The maximum Gasteiger partial charge on any atom is 0.407 e. The van der Waals surface area contributed by atoms with Gasteiger partial charge in [0.05, 0.1) is 36.8 Å². The minimum absolute atomic E-state index is 0.00709. The Kier molecular flexibility index (Phi) is 11.5. The number of carbonyl (C=O) groups excluding carboxylic acids is 3. The van der Waals surface area contributed by atoms with Gasteiger partial charge in [-0.1, -0.05) is 55.5 Å². The Morgan fingerprint density at radius 2 is 1.30 bits per heavy atom. The van der Waals surface area contributed by atoms with Crippen molar-refractivity contribution in [3.8, 4) is 33.6 Å². The number of nitrogens with one attached hydrogen (secondary N) is 3. The summed E-state index contributed by atoms with van der Waals surface area (Å²) in [6, 6.07) is 15.9. The topological polar surface area (TPSA) is 155 Å². The highest BCUT2D eigenvalue weighted by Crippen LogP contribution is 2.37. The molecule has 4 atom stereocenters. The van der Waals surface area contributed by atoms with E-state index in [0.29, 0.717) is 38.5 Å². The zero-order valence-electron chi connectivity index (χ0n) is 32.4. The molecule has 3 amide bonds. The summed E-state index contributed by atoms with van der Waals surface area (Å²) in [4.78, 5) is 60.2. The smallest absolute Gasteiger partial charge is 0.407 e. The molecule has 8 rings (SSSR count). The van der Waals surface area contributed by atoms with Crippen LogP contribution in [0.4, 0.5) is 4.79 Å². The van der Waals surface area contributed by atoms with Gasteiger partial charge in [0, 0.05) is 57.2 Å². The minimum atomic E-state index is -0.671. The molecule has 0 saturated carbocycles. The largest absolute Gasteiger partial charge is 0.453 e. The molecule has 4 fully saturated rings. The second-order valence-electron chi connectivity index (χ2n) is 15.7. The average molecular weight is 764 g/mol. The third-order valence-electron chi connectivity index (χ3n) is 12.4. The van der Waals surface area contributed by atoms with Gasteiger partial charge >= 0.3 is 6.09 Å². The first kappa shape index (κ1) is 37.9. The Balaban J connectivity index is 0.908. The Bertz CT molecular complexity index is 1960. The van der Waals surface area contributed by atoms with Crippen molar-refractivity contribution in [2.45, 2.75) is 76.4 Å². The summed E-state index contributed by atoms with van der Waals surface area (Å²) in [6.45, 7) is 6.09. The number of amides is 3. The quantitative estimate of drug-likeness (QED) is 0.162. The second kappa shape index (κ2) is 17.0. The van der Waals surface area contributed by atoms with Crippen molar-refractivity contribution in [3.63, 3.8) is 0 Å². The molecule has 2 unspecified atom stereocenters. The molecule has 56 heavy (non-hydrogen) atoms. The van der Waals surface area contributed by atoms with Crippen molar-refractivity contribution in [2.24, 2.45) is 17.8 Å². The van der Waals surface area contributed by atoms with Crippen LogP contribution in [0, 0.1) is 17.8 Å². The second-order valence-corrected chi connectivity index (χ2v) is 15.7. The number of imidazole rings is 2. The maximum absolute atomic E-state index is 13.9. The SMILES string of the molecule is COC(=O)NC(C(=O)N1CCC[C@H]1c1ncc(-c2ccc(-c3ccc(-c4c[nH]c([C@@H]5CCCN5C(=O)C(C)C5CCOCC5)n4)cc3)cc2)[nH]1)C1CCOCC1. The molecule has 4 saturated heterocycles. The van der Waals surface area contributed by atoms with E-state index < -0.39 is 12.1 Å². The van der Waals surface area contributed by atoms with Gasteiger partial charge in [0.2, 0.25) is 11.8 Å². The third kappa shape index (κ3) is 7.97. The van der Waals surface area contributed by atoms with Gasteiger partial charge in [0.25, 0.3) is 0 Å². The highest BCUT2D eigenvalue weighted by molar-refractivity contribution is 5.86. The minimum Gasteiger partial charge on any atom is -0.453 e. The van der Waals surface area contributed by atoms with Crippen LogP contribution >= 0.6 is 0 Å². The number of likely N-dealkylation sites (tertiary alicyclic amines) is 2. The first-order valence-corrected chi connectivity index (χ1v) is 20.3. The molecule has 296 valence electrons. The molecule has 4 aliphatic rings. The van der Waals surface area contributed by atoms with Gasteiger partial charge in [-0.25, -0.2) is 14.8 Å². The molecule has 0 radical (unpaired) electrons. The number of aromatic amines is 2. The fourth-order valence-electron chi connectivity index (χ4n) is 9.09. The predicted molar refractivity (Wildman–Crippen MR) is 210 cm³/mol. The number of hydrogen-bond acceptors (Lipinski definition) is 8. The molecular formula is C43H53N7O6. The number of H-pyrrole nitrogens is 2. The van der Waals surface area contributed by atoms with E-state index in [1.807, 2.05) is 22.2 Å². The lowest BCUT2D eigenvalue weighted by Crippen LogP contribution is -2.53. The molecule has 4 aromatic rings. The van der Waals surface area contributed by atoms with E-state index in [1.54, 1.807) is 0 Å². The Morgan fingerprint density at radius 1 is 0.750 bits per heavy atom. The lowest BCUT2D eigenvalue weighted by atomic mass is 9.86. The first-order chi connectivity index (χ1) is 27.4. The van der Waals surface area contributed by atoms with Crippen molar-refractivity contribution < 1.29 is 28.6 Å². The van der Waals surface area contributed by atoms with E-state index >= 15 is 0 Å². The summed E-state index contributed by atoms with van der Waals surface area (Å²) >= 11 is 0. The van der Waals surface area contributed by atoms with Crippen molar-refractivity contribution in [3.05, 3.63) is 72.6 Å². The highest BCUT2D eigenvalue weighted by Gasteiger charge is 2.40. The molecular weight excluding hydrogens is 711 g/mol. The van der Waals surface area contributed by atoms with Gasteiger partial charge in [-0.3, -0.25) is 9.59 Å². The van der Waals surface area contributed by atoms with Crippen LogP contribution in [-0.4, -0.2) is 100 Å².